The number of amides is 2. The molecule has 0 unspecified atom stereocenters. The molecular weight excluding hydrogens is 168 g/mol. The lowest BCUT2D eigenvalue weighted by Gasteiger charge is -2.04. The number of anilines is 1. The zero-order valence-electron chi connectivity index (χ0n) is 7.63. The molecule has 0 heterocycles. The number of carbonyl (C=O) groups is 1. The summed E-state index contributed by atoms with van der Waals surface area (Å²) in [5.41, 5.74) is 0.736. The average molecular weight is 180 g/mol. The van der Waals surface area contributed by atoms with E-state index < -0.39 is 0 Å². The van der Waals surface area contributed by atoms with Crippen LogP contribution in [0.2, 0.25) is 0 Å². The van der Waals surface area contributed by atoms with Crippen LogP contribution in [-0.4, -0.2) is 20.2 Å². The first-order valence-electron chi connectivity index (χ1n) is 3.89. The Hall–Kier alpha value is -1.71. The number of hydrogen-bond donors (Lipinski definition) is 2. The van der Waals surface area contributed by atoms with Gasteiger partial charge in [-0.15, -0.1) is 0 Å². The van der Waals surface area contributed by atoms with E-state index in [4.69, 9.17) is 4.74 Å². The molecule has 2 N–H and O–H groups in total. The van der Waals surface area contributed by atoms with Crippen molar-refractivity contribution in [2.75, 3.05) is 19.5 Å². The van der Waals surface area contributed by atoms with Crippen molar-refractivity contribution in [2.24, 2.45) is 0 Å². The van der Waals surface area contributed by atoms with E-state index in [0.717, 1.165) is 11.4 Å². The number of carbonyl (C=O) groups excluding carboxylic acids is 1. The Morgan fingerprint density at radius 2 is 1.92 bits per heavy atom. The molecule has 1 aromatic carbocycles. The summed E-state index contributed by atoms with van der Waals surface area (Å²) in [6, 6.07) is 6.88. The summed E-state index contributed by atoms with van der Waals surface area (Å²) in [4.78, 5) is 10.9. The molecule has 0 aliphatic carbocycles. The van der Waals surface area contributed by atoms with E-state index in [1.54, 1.807) is 38.4 Å². The Morgan fingerprint density at radius 1 is 1.31 bits per heavy atom. The number of methoxy groups -OCH3 is 1. The van der Waals surface area contributed by atoms with Crippen LogP contribution >= 0.6 is 0 Å². The first kappa shape index (κ1) is 9.38. The summed E-state index contributed by atoms with van der Waals surface area (Å²) in [6.45, 7) is 0. The molecule has 0 aromatic heterocycles. The van der Waals surface area contributed by atoms with Gasteiger partial charge in [0.15, 0.2) is 0 Å². The van der Waals surface area contributed by atoms with Gasteiger partial charge in [-0.2, -0.15) is 0 Å². The Kier molecular flexibility index (Phi) is 3.14. The van der Waals surface area contributed by atoms with Crippen molar-refractivity contribution in [3.63, 3.8) is 0 Å². The Morgan fingerprint density at radius 3 is 2.38 bits per heavy atom. The molecule has 1 aromatic rings. The van der Waals surface area contributed by atoms with Crippen molar-refractivity contribution in [2.45, 2.75) is 0 Å². The standard InChI is InChI=1S/C9H12N2O2/c1-10-9(12)11-7-3-5-8(13-2)6-4-7/h3-6H,1-2H3,(H2,10,11,12). The molecule has 0 atom stereocenters. The smallest absolute Gasteiger partial charge is 0.318 e. The summed E-state index contributed by atoms with van der Waals surface area (Å²) < 4.78 is 4.97. The molecule has 2 amide bonds. The number of urea groups is 1. The molecule has 0 saturated carbocycles. The maximum absolute atomic E-state index is 10.9. The number of nitrogens with one attached hydrogen (secondary N) is 2. The van der Waals surface area contributed by atoms with E-state index in [0.29, 0.717) is 0 Å². The van der Waals surface area contributed by atoms with Gasteiger partial charge in [-0.1, -0.05) is 0 Å². The van der Waals surface area contributed by atoms with Crippen molar-refractivity contribution in [1.29, 1.82) is 0 Å². The van der Waals surface area contributed by atoms with Gasteiger partial charge in [-0.25, -0.2) is 4.79 Å². The third-order valence-corrected chi connectivity index (χ3v) is 1.57. The highest BCUT2D eigenvalue weighted by atomic mass is 16.5. The maximum Gasteiger partial charge on any atom is 0.318 e. The van der Waals surface area contributed by atoms with Gasteiger partial charge in [0.1, 0.15) is 5.75 Å². The third-order valence-electron chi connectivity index (χ3n) is 1.57. The fourth-order valence-electron chi connectivity index (χ4n) is 0.868. The second-order valence-corrected chi connectivity index (χ2v) is 2.43. The molecule has 0 fully saturated rings. The van der Waals surface area contributed by atoms with Crippen LogP contribution in [0.4, 0.5) is 10.5 Å². The summed E-state index contributed by atoms with van der Waals surface area (Å²) >= 11 is 0. The van der Waals surface area contributed by atoms with Crippen molar-refractivity contribution >= 4 is 11.7 Å². The lowest BCUT2D eigenvalue weighted by atomic mass is 10.3. The molecule has 4 nitrogen and oxygen atoms in total. The molecule has 0 aliphatic heterocycles. The van der Waals surface area contributed by atoms with Gasteiger partial charge in [0.05, 0.1) is 7.11 Å². The highest BCUT2D eigenvalue weighted by Crippen LogP contribution is 2.14. The summed E-state index contributed by atoms with van der Waals surface area (Å²) in [6.07, 6.45) is 0. The van der Waals surface area contributed by atoms with Gasteiger partial charge in [0.2, 0.25) is 0 Å². The van der Waals surface area contributed by atoms with Crippen LogP contribution in [0.5, 0.6) is 5.75 Å². The van der Waals surface area contributed by atoms with E-state index in [2.05, 4.69) is 10.6 Å². The predicted octanol–water partition coefficient (Wildman–Crippen LogP) is 1.45. The third kappa shape index (κ3) is 2.66. The van der Waals surface area contributed by atoms with Crippen molar-refractivity contribution in [1.82, 2.24) is 5.32 Å². The summed E-state index contributed by atoms with van der Waals surface area (Å²) in [5, 5.41) is 5.10. The van der Waals surface area contributed by atoms with Gasteiger partial charge in [0.25, 0.3) is 0 Å². The monoisotopic (exact) mass is 180 g/mol. The molecular formula is C9H12N2O2. The maximum atomic E-state index is 10.9. The molecule has 0 aliphatic rings. The van der Waals surface area contributed by atoms with Gasteiger partial charge in [-0.3, -0.25) is 0 Å². The second kappa shape index (κ2) is 4.35. The number of rotatable bonds is 2. The van der Waals surface area contributed by atoms with E-state index in [9.17, 15) is 4.79 Å². The van der Waals surface area contributed by atoms with Crippen LogP contribution in [0.3, 0.4) is 0 Å². The highest BCUT2D eigenvalue weighted by molar-refractivity contribution is 5.88. The molecule has 0 radical (unpaired) electrons. The number of benzene rings is 1. The van der Waals surface area contributed by atoms with Gasteiger partial charge in [-0.05, 0) is 24.3 Å². The fraction of sp³-hybridized carbons (Fsp3) is 0.222. The first-order chi connectivity index (χ1) is 6.26. The van der Waals surface area contributed by atoms with E-state index >= 15 is 0 Å². The van der Waals surface area contributed by atoms with Crippen LogP contribution in [0.25, 0.3) is 0 Å². The van der Waals surface area contributed by atoms with Crippen LogP contribution in [0, 0.1) is 0 Å². The zero-order chi connectivity index (χ0) is 9.68. The minimum Gasteiger partial charge on any atom is -0.497 e. The number of hydrogen-bond acceptors (Lipinski definition) is 2. The fourth-order valence-corrected chi connectivity index (χ4v) is 0.868. The van der Waals surface area contributed by atoms with E-state index in [1.165, 1.54) is 0 Å². The van der Waals surface area contributed by atoms with Gasteiger partial charge in [0, 0.05) is 12.7 Å². The molecule has 0 bridgehead atoms. The normalized spacial score (nSPS) is 9.08. The average Bonchev–Trinajstić information content (AvgIpc) is 2.19. The lowest BCUT2D eigenvalue weighted by molar-refractivity contribution is 0.254. The molecule has 4 heteroatoms. The largest absolute Gasteiger partial charge is 0.497 e. The first-order valence-corrected chi connectivity index (χ1v) is 3.89. The van der Waals surface area contributed by atoms with Gasteiger partial charge < -0.3 is 15.4 Å². The van der Waals surface area contributed by atoms with Crippen LogP contribution in [0.1, 0.15) is 0 Å². The SMILES string of the molecule is CNC(=O)Nc1ccc(OC)cc1. The minimum absolute atomic E-state index is 0.231. The molecule has 0 spiro atoms. The second-order valence-electron chi connectivity index (χ2n) is 2.43. The van der Waals surface area contributed by atoms with E-state index in [-0.39, 0.29) is 6.03 Å². The zero-order valence-corrected chi connectivity index (χ0v) is 7.63. The molecule has 13 heavy (non-hydrogen) atoms. The van der Waals surface area contributed by atoms with E-state index in [1.807, 2.05) is 0 Å². The summed E-state index contributed by atoms with van der Waals surface area (Å²) in [7, 11) is 3.17. The Balaban J connectivity index is 2.64. The van der Waals surface area contributed by atoms with Crippen LogP contribution in [-0.2, 0) is 0 Å². The number of ether oxygens (including phenoxy) is 1. The van der Waals surface area contributed by atoms with Crippen molar-refractivity contribution in [3.05, 3.63) is 24.3 Å². The van der Waals surface area contributed by atoms with Gasteiger partial charge >= 0.3 is 6.03 Å². The molecule has 1 rings (SSSR count). The minimum atomic E-state index is -0.231. The van der Waals surface area contributed by atoms with Crippen molar-refractivity contribution in [3.8, 4) is 5.75 Å². The van der Waals surface area contributed by atoms with Crippen LogP contribution in [0.15, 0.2) is 24.3 Å². The Bertz CT molecular complexity index is 282. The highest BCUT2D eigenvalue weighted by Gasteiger charge is 1.97. The molecule has 70 valence electrons. The van der Waals surface area contributed by atoms with Crippen LogP contribution < -0.4 is 15.4 Å². The summed E-state index contributed by atoms with van der Waals surface area (Å²) in [5.74, 6) is 0.766. The van der Waals surface area contributed by atoms with Crippen molar-refractivity contribution < 1.29 is 9.53 Å². The Labute approximate surface area is 76.9 Å². The topological polar surface area (TPSA) is 50.4 Å². The molecule has 0 saturated heterocycles. The lowest BCUT2D eigenvalue weighted by Crippen LogP contribution is -2.24. The quantitative estimate of drug-likeness (QED) is 0.723. The predicted molar refractivity (Wildman–Crippen MR) is 51.1 cm³/mol.